The van der Waals surface area contributed by atoms with Crippen LogP contribution in [0.3, 0.4) is 0 Å². The van der Waals surface area contributed by atoms with Crippen molar-refractivity contribution in [2.45, 2.75) is 63.3 Å². The lowest BCUT2D eigenvalue weighted by molar-refractivity contribution is -0.322. The molecule has 0 amide bonds. The maximum atomic E-state index is 6.37. The van der Waals surface area contributed by atoms with E-state index in [9.17, 15) is 0 Å². The Kier molecular flexibility index (Phi) is 21.5. The largest absolute Gasteiger partial charge is 0.379 e. The van der Waals surface area contributed by atoms with E-state index in [4.69, 9.17) is 28.4 Å². The SMILES string of the molecule is CCO[C@H]1OC(COCCCI)[C@H](OCCCI)C(OCCCI)C1OCCCI. The summed E-state index contributed by atoms with van der Waals surface area (Å²) >= 11 is 9.50. The Hall–Kier alpha value is 2.68. The molecule has 0 aromatic heterocycles. The van der Waals surface area contributed by atoms with Gasteiger partial charge in [0.15, 0.2) is 6.29 Å². The summed E-state index contributed by atoms with van der Waals surface area (Å²) in [5, 5.41) is 0. The van der Waals surface area contributed by atoms with Gasteiger partial charge in [-0.3, -0.25) is 0 Å². The van der Waals surface area contributed by atoms with Crippen LogP contribution in [0, 0.1) is 0 Å². The molecule has 3 unspecified atom stereocenters. The third-order valence-electron chi connectivity index (χ3n) is 4.39. The minimum Gasteiger partial charge on any atom is -0.379 e. The van der Waals surface area contributed by atoms with Gasteiger partial charge in [0.25, 0.3) is 0 Å². The molecule has 0 bridgehead atoms. The maximum Gasteiger partial charge on any atom is 0.186 e. The molecule has 10 heteroatoms. The van der Waals surface area contributed by atoms with Crippen molar-refractivity contribution in [1.82, 2.24) is 0 Å². The van der Waals surface area contributed by atoms with Crippen LogP contribution in [0.5, 0.6) is 0 Å². The molecular formula is C20H36I4O6. The van der Waals surface area contributed by atoms with Gasteiger partial charge in [-0.25, -0.2) is 0 Å². The number of hydrogen-bond acceptors (Lipinski definition) is 6. The van der Waals surface area contributed by atoms with E-state index in [2.05, 4.69) is 90.4 Å². The van der Waals surface area contributed by atoms with Crippen molar-refractivity contribution < 1.29 is 28.4 Å². The van der Waals surface area contributed by atoms with E-state index >= 15 is 0 Å². The third kappa shape index (κ3) is 12.4. The summed E-state index contributed by atoms with van der Waals surface area (Å²) in [4.78, 5) is 0. The van der Waals surface area contributed by atoms with Crippen LogP contribution < -0.4 is 0 Å². The zero-order valence-electron chi connectivity index (χ0n) is 17.7. The van der Waals surface area contributed by atoms with Crippen molar-refractivity contribution in [2.24, 2.45) is 0 Å². The molecule has 1 fully saturated rings. The lowest BCUT2D eigenvalue weighted by atomic mass is 9.98. The summed E-state index contributed by atoms with van der Waals surface area (Å²) in [5.41, 5.74) is 0. The fraction of sp³-hybridized carbons (Fsp3) is 1.00. The molecule has 1 heterocycles. The molecular weight excluding hydrogens is 844 g/mol. The Bertz CT molecular complexity index is 396. The third-order valence-corrected chi connectivity index (χ3v) is 7.44. The van der Waals surface area contributed by atoms with Crippen molar-refractivity contribution in [3.8, 4) is 0 Å². The Morgan fingerprint density at radius 1 is 0.633 bits per heavy atom. The first-order chi connectivity index (χ1) is 14.7. The Labute approximate surface area is 236 Å². The molecule has 1 rings (SSSR count). The summed E-state index contributed by atoms with van der Waals surface area (Å²) in [6.07, 6.45) is 2.51. The monoisotopic (exact) mass is 880 g/mol. The molecule has 6 nitrogen and oxygen atoms in total. The summed E-state index contributed by atoms with van der Waals surface area (Å²) in [6, 6.07) is 0. The maximum absolute atomic E-state index is 6.37. The predicted molar refractivity (Wildman–Crippen MR) is 154 cm³/mol. The zero-order valence-corrected chi connectivity index (χ0v) is 26.4. The van der Waals surface area contributed by atoms with Gasteiger partial charge in [0.05, 0.1) is 6.61 Å². The van der Waals surface area contributed by atoms with Crippen molar-refractivity contribution in [3.63, 3.8) is 0 Å². The fourth-order valence-electron chi connectivity index (χ4n) is 3.06. The second kappa shape index (κ2) is 21.0. The molecule has 180 valence electrons. The van der Waals surface area contributed by atoms with E-state index in [1.165, 1.54) is 0 Å². The van der Waals surface area contributed by atoms with Gasteiger partial charge < -0.3 is 28.4 Å². The van der Waals surface area contributed by atoms with Crippen molar-refractivity contribution in [1.29, 1.82) is 0 Å². The number of halogens is 4. The van der Waals surface area contributed by atoms with Gasteiger partial charge in [-0.2, -0.15) is 0 Å². The van der Waals surface area contributed by atoms with E-state index in [0.29, 0.717) is 33.0 Å². The fourth-order valence-corrected chi connectivity index (χ4v) is 4.30. The summed E-state index contributed by atoms with van der Waals surface area (Å²) in [5.74, 6) is 0. The average molecular weight is 880 g/mol. The highest BCUT2D eigenvalue weighted by Gasteiger charge is 2.48. The molecule has 0 spiro atoms. The molecule has 0 aromatic carbocycles. The van der Waals surface area contributed by atoms with Crippen LogP contribution >= 0.6 is 90.4 Å². The highest BCUT2D eigenvalue weighted by atomic mass is 127. The summed E-state index contributed by atoms with van der Waals surface area (Å²) in [6.45, 7) is 5.73. The lowest BCUT2D eigenvalue weighted by Gasteiger charge is -2.45. The summed E-state index contributed by atoms with van der Waals surface area (Å²) < 4.78 is 41.4. The standard InChI is InChI=1S/C20H36I4O6/c1-2-26-20-19(29-14-6-10-24)18(28-13-5-9-23)17(27-12-4-8-22)16(30-20)15-25-11-3-7-21/h16-20H,2-15H2,1H3/t16?,17-,18?,19?,20-/m0/s1. The Balaban J connectivity index is 2.98. The van der Waals surface area contributed by atoms with Crippen molar-refractivity contribution in [2.75, 3.05) is 57.4 Å². The van der Waals surface area contributed by atoms with Gasteiger partial charge in [-0.05, 0) is 32.6 Å². The van der Waals surface area contributed by atoms with Crippen LogP contribution in [-0.2, 0) is 28.4 Å². The van der Waals surface area contributed by atoms with Gasteiger partial charge in [0, 0.05) is 50.7 Å². The molecule has 1 aliphatic heterocycles. The quantitative estimate of drug-likeness (QED) is 0.101. The van der Waals surface area contributed by atoms with Crippen molar-refractivity contribution in [3.05, 3.63) is 0 Å². The van der Waals surface area contributed by atoms with Gasteiger partial charge in [0.2, 0.25) is 0 Å². The second-order valence-electron chi connectivity index (χ2n) is 6.75. The predicted octanol–water partition coefficient (Wildman–Crippen LogP) is 5.22. The van der Waals surface area contributed by atoms with Gasteiger partial charge in [-0.15, -0.1) is 0 Å². The van der Waals surface area contributed by atoms with Crippen LogP contribution in [0.25, 0.3) is 0 Å². The normalized spacial score (nSPS) is 26.9. The van der Waals surface area contributed by atoms with E-state index in [1.54, 1.807) is 0 Å². The molecule has 0 saturated carbocycles. The Morgan fingerprint density at radius 2 is 1.13 bits per heavy atom. The molecule has 1 saturated heterocycles. The zero-order chi connectivity index (χ0) is 22.0. The number of rotatable bonds is 19. The first-order valence-corrected chi connectivity index (χ1v) is 16.8. The minimum atomic E-state index is -0.476. The molecule has 0 N–H and O–H groups in total. The Morgan fingerprint density at radius 3 is 1.67 bits per heavy atom. The van der Waals surface area contributed by atoms with Gasteiger partial charge in [-0.1, -0.05) is 90.4 Å². The number of hydrogen-bond donors (Lipinski definition) is 0. The minimum absolute atomic E-state index is 0.233. The first kappa shape index (κ1) is 30.7. The molecule has 0 aromatic rings. The van der Waals surface area contributed by atoms with Gasteiger partial charge >= 0.3 is 0 Å². The van der Waals surface area contributed by atoms with Crippen molar-refractivity contribution >= 4 is 90.4 Å². The van der Waals surface area contributed by atoms with E-state index in [-0.39, 0.29) is 24.4 Å². The molecule has 5 atom stereocenters. The van der Waals surface area contributed by atoms with Crippen LogP contribution in [-0.4, -0.2) is 88.1 Å². The average Bonchev–Trinajstić information content (AvgIpc) is 2.75. The van der Waals surface area contributed by atoms with Gasteiger partial charge in [0.1, 0.15) is 24.4 Å². The first-order valence-electron chi connectivity index (χ1n) is 10.7. The van der Waals surface area contributed by atoms with Crippen LogP contribution in [0.15, 0.2) is 0 Å². The van der Waals surface area contributed by atoms with Crippen LogP contribution in [0.4, 0.5) is 0 Å². The molecule has 30 heavy (non-hydrogen) atoms. The van der Waals surface area contributed by atoms with E-state index in [1.807, 2.05) is 6.92 Å². The molecule has 0 radical (unpaired) electrons. The molecule has 0 aliphatic carbocycles. The van der Waals surface area contributed by atoms with E-state index < -0.39 is 6.29 Å². The number of ether oxygens (including phenoxy) is 6. The topological polar surface area (TPSA) is 55.4 Å². The van der Waals surface area contributed by atoms with E-state index in [0.717, 1.165) is 50.0 Å². The molecule has 1 aliphatic rings. The van der Waals surface area contributed by atoms with Crippen LogP contribution in [0.1, 0.15) is 32.6 Å². The lowest BCUT2D eigenvalue weighted by Crippen LogP contribution is -2.62. The van der Waals surface area contributed by atoms with Crippen LogP contribution in [0.2, 0.25) is 0 Å². The summed E-state index contributed by atoms with van der Waals surface area (Å²) in [7, 11) is 0. The smallest absolute Gasteiger partial charge is 0.186 e. The second-order valence-corrected chi connectivity index (χ2v) is 11.1. The number of alkyl halides is 4. The highest BCUT2D eigenvalue weighted by Crippen LogP contribution is 2.30. The highest BCUT2D eigenvalue weighted by molar-refractivity contribution is 14.1.